The lowest BCUT2D eigenvalue weighted by molar-refractivity contribution is -0.384. The molecule has 31 heavy (non-hydrogen) atoms. The second-order valence-corrected chi connectivity index (χ2v) is 7.19. The molecule has 0 bridgehead atoms. The van der Waals surface area contributed by atoms with Gasteiger partial charge in [-0.3, -0.25) is 14.9 Å². The largest absolute Gasteiger partial charge is 0.462 e. The number of amides is 1. The van der Waals surface area contributed by atoms with Gasteiger partial charge in [-0.15, -0.1) is 0 Å². The molecule has 0 radical (unpaired) electrons. The molecule has 0 aromatic heterocycles. The van der Waals surface area contributed by atoms with Crippen molar-refractivity contribution in [2.75, 3.05) is 31.3 Å². The number of non-ortho nitro benzene ring substituents is 1. The molecule has 1 aromatic rings. The highest BCUT2D eigenvalue weighted by atomic mass is 16.6. The van der Waals surface area contributed by atoms with E-state index in [4.69, 9.17) is 9.47 Å². The van der Waals surface area contributed by atoms with Crippen LogP contribution in [0.15, 0.2) is 41.5 Å². The van der Waals surface area contributed by atoms with E-state index < -0.39 is 16.8 Å². The fourth-order valence-electron chi connectivity index (χ4n) is 2.78. The van der Waals surface area contributed by atoms with Gasteiger partial charge in [0.2, 0.25) is 0 Å². The minimum atomic E-state index is -0.647. The maximum atomic E-state index is 12.9. The van der Waals surface area contributed by atoms with Gasteiger partial charge < -0.3 is 14.4 Å². The molecular formula is C23H32N2O6. The first-order valence-electron chi connectivity index (χ1n) is 10.3. The first-order valence-corrected chi connectivity index (χ1v) is 10.3. The fourth-order valence-corrected chi connectivity index (χ4v) is 2.78. The van der Waals surface area contributed by atoms with Crippen molar-refractivity contribution in [3.8, 4) is 0 Å². The molecule has 1 rings (SSSR count). The Morgan fingerprint density at radius 1 is 1.13 bits per heavy atom. The molecule has 0 unspecified atom stereocenters. The number of nitro benzene ring substituents is 1. The van der Waals surface area contributed by atoms with E-state index in [1.165, 1.54) is 28.7 Å². The van der Waals surface area contributed by atoms with Crippen LogP contribution in [-0.4, -0.2) is 43.2 Å². The summed E-state index contributed by atoms with van der Waals surface area (Å²) in [6.45, 7) is 9.90. The number of anilines is 1. The van der Waals surface area contributed by atoms with Crippen molar-refractivity contribution in [3.63, 3.8) is 0 Å². The van der Waals surface area contributed by atoms with Gasteiger partial charge >= 0.3 is 5.97 Å². The molecule has 0 saturated heterocycles. The van der Waals surface area contributed by atoms with Crippen molar-refractivity contribution in [3.05, 3.63) is 57.2 Å². The van der Waals surface area contributed by atoms with Crippen molar-refractivity contribution in [1.82, 2.24) is 0 Å². The second-order valence-electron chi connectivity index (χ2n) is 7.19. The van der Waals surface area contributed by atoms with Crippen LogP contribution in [0, 0.1) is 10.1 Å². The molecular weight excluding hydrogens is 400 g/mol. The normalized spacial score (nSPS) is 11.1. The van der Waals surface area contributed by atoms with E-state index in [2.05, 4.69) is 6.08 Å². The molecule has 0 N–H and O–H groups in total. The molecule has 0 aliphatic rings. The van der Waals surface area contributed by atoms with Gasteiger partial charge in [0.15, 0.2) is 0 Å². The summed E-state index contributed by atoms with van der Waals surface area (Å²) in [6, 6.07) is 3.77. The Balaban J connectivity index is 3.34. The van der Waals surface area contributed by atoms with Crippen LogP contribution < -0.4 is 4.90 Å². The first-order chi connectivity index (χ1) is 14.7. The number of benzene rings is 1. The van der Waals surface area contributed by atoms with E-state index >= 15 is 0 Å². The summed E-state index contributed by atoms with van der Waals surface area (Å²) < 4.78 is 10.3. The Hall–Kier alpha value is -3.00. The number of rotatable bonds is 12. The molecule has 1 amide bonds. The van der Waals surface area contributed by atoms with E-state index in [-0.39, 0.29) is 36.7 Å². The minimum absolute atomic E-state index is 0.0906. The predicted octanol–water partition coefficient (Wildman–Crippen LogP) is 4.83. The molecule has 8 nitrogen and oxygen atoms in total. The second kappa shape index (κ2) is 13.3. The molecule has 0 fully saturated rings. The molecule has 0 atom stereocenters. The third-order valence-corrected chi connectivity index (χ3v) is 4.42. The lowest BCUT2D eigenvalue weighted by atomic mass is 10.1. The van der Waals surface area contributed by atoms with Crippen LogP contribution >= 0.6 is 0 Å². The molecule has 1 aromatic carbocycles. The third-order valence-electron chi connectivity index (χ3n) is 4.42. The van der Waals surface area contributed by atoms with Gasteiger partial charge in [0.05, 0.1) is 22.8 Å². The highest BCUT2D eigenvalue weighted by Crippen LogP contribution is 2.28. The zero-order chi connectivity index (χ0) is 23.4. The molecule has 0 saturated carbocycles. The average Bonchev–Trinajstić information content (AvgIpc) is 2.72. The topological polar surface area (TPSA) is 99.0 Å². The quantitative estimate of drug-likeness (QED) is 0.203. The van der Waals surface area contributed by atoms with Gasteiger partial charge in [-0.25, -0.2) is 4.79 Å². The highest BCUT2D eigenvalue weighted by molar-refractivity contribution is 6.03. The molecule has 0 aliphatic heterocycles. The van der Waals surface area contributed by atoms with Crippen molar-refractivity contribution in [2.24, 2.45) is 0 Å². The van der Waals surface area contributed by atoms with Gasteiger partial charge in [-0.05, 0) is 53.5 Å². The van der Waals surface area contributed by atoms with E-state index in [1.807, 2.05) is 26.8 Å². The molecule has 0 heterocycles. The third kappa shape index (κ3) is 8.72. The Bertz CT molecular complexity index is 840. The van der Waals surface area contributed by atoms with Crippen LogP contribution in [-0.2, 0) is 14.3 Å². The number of allylic oxidation sites excluding steroid dienone is 3. The minimum Gasteiger partial charge on any atom is -0.462 e. The Labute approximate surface area is 183 Å². The lowest BCUT2D eigenvalue weighted by Crippen LogP contribution is -2.35. The monoisotopic (exact) mass is 432 g/mol. The average molecular weight is 433 g/mol. The number of hydrogen-bond donors (Lipinski definition) is 0. The summed E-state index contributed by atoms with van der Waals surface area (Å²) in [5.74, 6) is -1.05. The highest BCUT2D eigenvalue weighted by Gasteiger charge is 2.25. The van der Waals surface area contributed by atoms with Crippen LogP contribution in [0.5, 0.6) is 0 Å². The van der Waals surface area contributed by atoms with Crippen molar-refractivity contribution in [1.29, 1.82) is 0 Å². The van der Waals surface area contributed by atoms with Crippen molar-refractivity contribution >= 4 is 23.3 Å². The van der Waals surface area contributed by atoms with Gasteiger partial charge in [0.1, 0.15) is 6.61 Å². The number of hydrogen-bond acceptors (Lipinski definition) is 6. The summed E-state index contributed by atoms with van der Waals surface area (Å²) in [6.07, 6.45) is 5.71. The maximum absolute atomic E-state index is 12.9. The number of nitrogens with zero attached hydrogens (tertiary/aromatic N) is 2. The fraction of sp³-hybridized carbons (Fsp3) is 0.478. The van der Waals surface area contributed by atoms with Crippen LogP contribution in [0.3, 0.4) is 0 Å². The summed E-state index contributed by atoms with van der Waals surface area (Å²) in [7, 11) is 0. The standard InChI is InChI=1S/C23H32N2O6/c1-6-30-16-22(26)24(14-13-18(5)10-8-9-17(3)4)21-15-19(25(28)29)11-12-20(21)23(27)31-7-2/h9,11-13,15H,6-8,10,14,16H2,1-5H3/b18-13+. The molecule has 0 aliphatic carbocycles. The Kier molecular flexibility index (Phi) is 11.2. The van der Waals surface area contributed by atoms with Crippen molar-refractivity contribution in [2.45, 2.75) is 47.5 Å². The zero-order valence-corrected chi connectivity index (χ0v) is 19.0. The van der Waals surface area contributed by atoms with Crippen LogP contribution in [0.25, 0.3) is 0 Å². The zero-order valence-electron chi connectivity index (χ0n) is 19.0. The number of carbonyl (C=O) groups is 2. The summed E-state index contributed by atoms with van der Waals surface area (Å²) in [5.41, 5.74) is 2.30. The summed E-state index contributed by atoms with van der Waals surface area (Å²) in [5, 5.41) is 11.3. The number of nitro groups is 1. The van der Waals surface area contributed by atoms with Crippen LogP contribution in [0.1, 0.15) is 57.8 Å². The van der Waals surface area contributed by atoms with E-state index in [9.17, 15) is 19.7 Å². The van der Waals surface area contributed by atoms with E-state index in [1.54, 1.807) is 13.8 Å². The Morgan fingerprint density at radius 2 is 1.84 bits per heavy atom. The number of ether oxygens (including phenoxy) is 2. The molecule has 0 spiro atoms. The molecule has 8 heteroatoms. The SMILES string of the molecule is CCOCC(=O)N(C/C=C(\C)CCC=C(C)C)c1cc([N+](=O)[O-])ccc1C(=O)OCC. The van der Waals surface area contributed by atoms with Crippen LogP contribution in [0.4, 0.5) is 11.4 Å². The van der Waals surface area contributed by atoms with Gasteiger partial charge in [-0.1, -0.05) is 23.3 Å². The Morgan fingerprint density at radius 3 is 2.42 bits per heavy atom. The van der Waals surface area contributed by atoms with Gasteiger partial charge in [-0.2, -0.15) is 0 Å². The smallest absolute Gasteiger partial charge is 0.340 e. The van der Waals surface area contributed by atoms with Crippen LogP contribution in [0.2, 0.25) is 0 Å². The lowest BCUT2D eigenvalue weighted by Gasteiger charge is -2.24. The first kappa shape index (κ1) is 26.0. The summed E-state index contributed by atoms with van der Waals surface area (Å²) >= 11 is 0. The predicted molar refractivity (Wildman–Crippen MR) is 120 cm³/mol. The van der Waals surface area contributed by atoms with Crippen molar-refractivity contribution < 1.29 is 24.0 Å². The molecule has 170 valence electrons. The maximum Gasteiger partial charge on any atom is 0.340 e. The number of carbonyl (C=O) groups excluding carboxylic acids is 2. The van der Waals surface area contributed by atoms with Gasteiger partial charge in [0.25, 0.3) is 11.6 Å². The van der Waals surface area contributed by atoms with E-state index in [0.717, 1.165) is 18.4 Å². The number of esters is 1. The summed E-state index contributed by atoms with van der Waals surface area (Å²) in [4.78, 5) is 37.4. The van der Waals surface area contributed by atoms with Gasteiger partial charge in [0, 0.05) is 25.3 Å². The van der Waals surface area contributed by atoms with E-state index in [0.29, 0.717) is 6.61 Å².